The Hall–Kier alpha value is -1.52. The van der Waals surface area contributed by atoms with Gasteiger partial charge in [0.2, 0.25) is 0 Å². The maximum absolute atomic E-state index is 11.9. The Balaban J connectivity index is 2.04. The molecule has 0 aliphatic carbocycles. The molecule has 0 saturated carbocycles. The summed E-state index contributed by atoms with van der Waals surface area (Å²) in [4.78, 5) is 25.3. The van der Waals surface area contributed by atoms with Crippen molar-refractivity contribution in [2.75, 3.05) is 19.8 Å². The Morgan fingerprint density at radius 2 is 2.04 bits per heavy atom. The van der Waals surface area contributed by atoms with Gasteiger partial charge in [0.1, 0.15) is 18.3 Å². The first-order chi connectivity index (χ1) is 11.6. The van der Waals surface area contributed by atoms with Crippen LogP contribution in [0.25, 0.3) is 0 Å². The lowest BCUT2D eigenvalue weighted by Gasteiger charge is -2.22. The van der Waals surface area contributed by atoms with Crippen molar-refractivity contribution < 1.29 is 19.7 Å². The van der Waals surface area contributed by atoms with Crippen molar-refractivity contribution in [3.05, 3.63) is 33.1 Å². The van der Waals surface area contributed by atoms with Crippen LogP contribution in [0, 0.1) is 0 Å². The maximum atomic E-state index is 11.9. The number of hydrogen-bond acceptors (Lipinski definition) is 7. The fourth-order valence-electron chi connectivity index (χ4n) is 2.72. The summed E-state index contributed by atoms with van der Waals surface area (Å²) >= 11 is 0. The fourth-order valence-corrected chi connectivity index (χ4v) is 2.72. The molecular weight excluding hydrogens is 318 g/mol. The Morgan fingerprint density at radius 3 is 2.71 bits per heavy atom. The zero-order valence-corrected chi connectivity index (χ0v) is 13.5. The predicted octanol–water partition coefficient (Wildman–Crippen LogP) is -1.31. The van der Waals surface area contributed by atoms with Gasteiger partial charge in [0.15, 0.2) is 6.23 Å². The number of nitrogens with zero attached hydrogens (tertiary/aromatic N) is 1. The summed E-state index contributed by atoms with van der Waals surface area (Å²) in [5.41, 5.74) is 4.26. The van der Waals surface area contributed by atoms with Gasteiger partial charge in [-0.2, -0.15) is 0 Å². The molecule has 5 N–H and O–H groups in total. The monoisotopic (exact) mass is 343 g/mol. The number of hydrogen-bond donors (Lipinski definition) is 4. The minimum absolute atomic E-state index is 0.391. The molecular formula is C15H25N3O6. The topological polar surface area (TPSA) is 140 Å². The summed E-state index contributed by atoms with van der Waals surface area (Å²) in [6, 6.07) is 1.19. The molecule has 4 atom stereocenters. The second-order valence-corrected chi connectivity index (χ2v) is 5.79. The summed E-state index contributed by atoms with van der Waals surface area (Å²) in [6.07, 6.45) is 1.36. The number of nitrogens with one attached hydrogen (secondary N) is 1. The highest BCUT2D eigenvalue weighted by atomic mass is 16.6. The van der Waals surface area contributed by atoms with Crippen molar-refractivity contribution in [1.29, 1.82) is 0 Å². The van der Waals surface area contributed by atoms with Crippen molar-refractivity contribution in [3.8, 4) is 0 Å². The zero-order valence-electron chi connectivity index (χ0n) is 13.5. The molecule has 9 nitrogen and oxygen atoms in total. The van der Waals surface area contributed by atoms with E-state index in [0.717, 1.165) is 30.3 Å². The van der Waals surface area contributed by atoms with Gasteiger partial charge in [-0.3, -0.25) is 14.3 Å². The highest BCUT2D eigenvalue weighted by molar-refractivity contribution is 4.93. The molecule has 1 aromatic heterocycles. The van der Waals surface area contributed by atoms with E-state index in [-0.39, 0.29) is 0 Å². The smallest absolute Gasteiger partial charge is 0.330 e. The second-order valence-electron chi connectivity index (χ2n) is 5.79. The number of aliphatic hydroxyl groups is 2. The lowest BCUT2D eigenvalue weighted by Crippen LogP contribution is -2.39. The van der Waals surface area contributed by atoms with Crippen LogP contribution in [0.15, 0.2) is 21.9 Å². The molecule has 1 saturated heterocycles. The molecule has 1 aromatic rings. The molecule has 2 rings (SSSR count). The number of aliphatic hydroxyl groups excluding tert-OH is 2. The highest BCUT2D eigenvalue weighted by Gasteiger charge is 2.45. The minimum atomic E-state index is -1.07. The summed E-state index contributed by atoms with van der Waals surface area (Å²) in [7, 11) is 0. The molecule has 1 aliphatic rings. The average Bonchev–Trinajstić information content (AvgIpc) is 2.87. The maximum Gasteiger partial charge on any atom is 0.330 e. The van der Waals surface area contributed by atoms with Gasteiger partial charge in [-0.15, -0.1) is 0 Å². The third-order valence-corrected chi connectivity index (χ3v) is 4.03. The van der Waals surface area contributed by atoms with Crippen molar-refractivity contribution in [2.24, 2.45) is 5.73 Å². The van der Waals surface area contributed by atoms with Crippen LogP contribution in [-0.4, -0.2) is 57.8 Å². The van der Waals surface area contributed by atoms with Gasteiger partial charge in [0, 0.05) is 18.9 Å². The Morgan fingerprint density at radius 1 is 1.29 bits per heavy atom. The molecule has 0 bridgehead atoms. The Labute approximate surface area is 139 Å². The molecule has 1 aliphatic heterocycles. The zero-order chi connectivity index (χ0) is 17.5. The van der Waals surface area contributed by atoms with E-state index in [4.69, 9.17) is 15.2 Å². The lowest BCUT2D eigenvalue weighted by molar-refractivity contribution is -0.0749. The van der Waals surface area contributed by atoms with E-state index in [1.165, 1.54) is 12.3 Å². The highest BCUT2D eigenvalue weighted by Crippen LogP contribution is 2.30. The molecule has 0 radical (unpaired) electrons. The number of aromatic nitrogens is 2. The van der Waals surface area contributed by atoms with Crippen LogP contribution in [0.2, 0.25) is 0 Å². The summed E-state index contributed by atoms with van der Waals surface area (Å²) in [5.74, 6) is 0. The SMILES string of the molecule is NCCCCCCOC1C(O)[C@@H](CO)O[C@H]1n1ccc(=O)[nH]c1=O. The quantitative estimate of drug-likeness (QED) is 0.408. The first kappa shape index (κ1) is 18.8. The molecule has 0 spiro atoms. The van der Waals surface area contributed by atoms with Crippen LogP contribution in [0.3, 0.4) is 0 Å². The van der Waals surface area contributed by atoms with E-state index >= 15 is 0 Å². The average molecular weight is 343 g/mol. The standard InChI is InChI=1S/C15H25N3O6/c16-6-3-1-2-4-8-23-13-12(21)10(9-19)24-14(13)18-7-5-11(20)17-15(18)22/h5,7,10,12-14,19,21H,1-4,6,8-9,16H2,(H,17,20,22)/t10-,12?,13?,14-/m1/s1. The van der Waals surface area contributed by atoms with Gasteiger partial charge in [-0.25, -0.2) is 4.79 Å². The van der Waals surface area contributed by atoms with Crippen LogP contribution < -0.4 is 17.0 Å². The lowest BCUT2D eigenvalue weighted by atomic mass is 10.1. The van der Waals surface area contributed by atoms with Gasteiger partial charge in [0.05, 0.1) is 6.61 Å². The molecule has 2 unspecified atom stereocenters. The fraction of sp³-hybridized carbons (Fsp3) is 0.733. The van der Waals surface area contributed by atoms with E-state index in [1.807, 2.05) is 0 Å². The van der Waals surface area contributed by atoms with Gasteiger partial charge < -0.3 is 25.4 Å². The molecule has 0 aromatic carbocycles. The van der Waals surface area contributed by atoms with E-state index in [1.54, 1.807) is 0 Å². The normalized spacial score (nSPS) is 26.8. The Bertz CT molecular complexity index is 616. The number of H-pyrrole nitrogens is 1. The third kappa shape index (κ3) is 4.52. The van der Waals surface area contributed by atoms with Crippen LogP contribution in [0.4, 0.5) is 0 Å². The van der Waals surface area contributed by atoms with Crippen molar-refractivity contribution >= 4 is 0 Å². The number of nitrogens with two attached hydrogens (primary N) is 1. The largest absolute Gasteiger partial charge is 0.394 e. The van der Waals surface area contributed by atoms with E-state index in [9.17, 15) is 19.8 Å². The Kier molecular flexibility index (Phi) is 7.13. The minimum Gasteiger partial charge on any atom is -0.394 e. The van der Waals surface area contributed by atoms with Crippen LogP contribution >= 0.6 is 0 Å². The van der Waals surface area contributed by atoms with Gasteiger partial charge in [-0.05, 0) is 19.4 Å². The number of ether oxygens (including phenoxy) is 2. The second kappa shape index (κ2) is 9.09. The molecule has 2 heterocycles. The third-order valence-electron chi connectivity index (χ3n) is 4.03. The molecule has 24 heavy (non-hydrogen) atoms. The van der Waals surface area contributed by atoms with Gasteiger partial charge >= 0.3 is 5.69 Å². The first-order valence-corrected chi connectivity index (χ1v) is 8.16. The van der Waals surface area contributed by atoms with Crippen molar-refractivity contribution in [1.82, 2.24) is 9.55 Å². The predicted molar refractivity (Wildman–Crippen MR) is 85.6 cm³/mol. The van der Waals surface area contributed by atoms with Crippen LogP contribution in [0.5, 0.6) is 0 Å². The van der Waals surface area contributed by atoms with E-state index < -0.39 is 42.4 Å². The summed E-state index contributed by atoms with van der Waals surface area (Å²) in [6.45, 7) is 0.653. The van der Waals surface area contributed by atoms with Crippen molar-refractivity contribution in [3.63, 3.8) is 0 Å². The van der Waals surface area contributed by atoms with Crippen LogP contribution in [0.1, 0.15) is 31.9 Å². The van der Waals surface area contributed by atoms with Gasteiger partial charge in [0.25, 0.3) is 5.56 Å². The number of unbranched alkanes of at least 4 members (excludes halogenated alkanes) is 3. The van der Waals surface area contributed by atoms with Crippen LogP contribution in [-0.2, 0) is 9.47 Å². The molecule has 0 amide bonds. The summed E-state index contributed by atoms with van der Waals surface area (Å²) in [5, 5.41) is 19.6. The van der Waals surface area contributed by atoms with Crippen molar-refractivity contribution in [2.45, 2.75) is 50.2 Å². The molecule has 1 fully saturated rings. The summed E-state index contributed by atoms with van der Waals surface area (Å²) < 4.78 is 12.4. The van der Waals surface area contributed by atoms with Gasteiger partial charge in [-0.1, -0.05) is 12.8 Å². The van der Waals surface area contributed by atoms with E-state index in [0.29, 0.717) is 13.2 Å². The van der Waals surface area contributed by atoms with E-state index in [2.05, 4.69) is 4.98 Å². The first-order valence-electron chi connectivity index (χ1n) is 8.16. The number of rotatable bonds is 9. The molecule has 136 valence electrons. The number of aromatic amines is 1. The molecule has 9 heteroatoms.